The minimum atomic E-state index is 0.583. The molecule has 0 unspecified atom stereocenters. The number of furan rings is 1. The van der Waals surface area contributed by atoms with Gasteiger partial charge >= 0.3 is 0 Å². The summed E-state index contributed by atoms with van der Waals surface area (Å²) in [5.41, 5.74) is 7.46. The minimum Gasteiger partial charge on any atom is -0.456 e. The monoisotopic (exact) mass is 626 g/mol. The molecule has 3 aromatic heterocycles. The lowest BCUT2D eigenvalue weighted by molar-refractivity contribution is 0.669. The number of hydrogen-bond acceptors (Lipinski definition) is 5. The molecule has 0 bridgehead atoms. The van der Waals surface area contributed by atoms with Gasteiger partial charge in [-0.3, -0.25) is 4.98 Å². The number of benzene rings is 7. The Morgan fingerprint density at radius 3 is 1.88 bits per heavy atom. The minimum absolute atomic E-state index is 0.583. The molecule has 7 aromatic carbocycles. The van der Waals surface area contributed by atoms with Crippen molar-refractivity contribution in [2.45, 2.75) is 0 Å². The molecular formula is C44H26N4O. The van der Waals surface area contributed by atoms with Crippen molar-refractivity contribution in [2.24, 2.45) is 0 Å². The Balaban J connectivity index is 1.24. The highest BCUT2D eigenvalue weighted by atomic mass is 16.3. The van der Waals surface area contributed by atoms with Gasteiger partial charge in [0.2, 0.25) is 0 Å². The van der Waals surface area contributed by atoms with E-state index in [1.54, 1.807) is 0 Å². The van der Waals surface area contributed by atoms with Gasteiger partial charge < -0.3 is 4.42 Å². The number of fused-ring (bicyclic) bond motifs is 8. The fraction of sp³-hybridized carbons (Fsp3) is 0. The Kier molecular flexibility index (Phi) is 6.11. The second kappa shape index (κ2) is 10.9. The van der Waals surface area contributed by atoms with E-state index in [2.05, 4.69) is 103 Å². The molecule has 0 amide bonds. The SMILES string of the molecule is c1ccc(-c2ccc3c(c2)oc2cccc(-c4nc(-c5ccccc5)nc(-c5cc6ncc7ccccc7c6c6ccccc56)n4)c23)cc1. The zero-order chi connectivity index (χ0) is 32.3. The molecule has 0 spiro atoms. The van der Waals surface area contributed by atoms with Gasteiger partial charge in [-0.05, 0) is 51.6 Å². The van der Waals surface area contributed by atoms with E-state index in [-0.39, 0.29) is 0 Å². The first kappa shape index (κ1) is 27.4. The highest BCUT2D eigenvalue weighted by Crippen LogP contribution is 2.40. The van der Waals surface area contributed by atoms with Crippen LogP contribution >= 0.6 is 0 Å². The Morgan fingerprint density at radius 1 is 0.388 bits per heavy atom. The molecule has 0 atom stereocenters. The Bertz CT molecular complexity index is 2880. The van der Waals surface area contributed by atoms with Crippen LogP contribution in [-0.4, -0.2) is 19.9 Å². The summed E-state index contributed by atoms with van der Waals surface area (Å²) in [6, 6.07) is 51.9. The first-order chi connectivity index (χ1) is 24.3. The Morgan fingerprint density at radius 2 is 1.06 bits per heavy atom. The lowest BCUT2D eigenvalue weighted by atomic mass is 9.96. The molecule has 0 saturated carbocycles. The van der Waals surface area contributed by atoms with Crippen LogP contribution in [0.5, 0.6) is 0 Å². The maximum Gasteiger partial charge on any atom is 0.164 e. The third-order valence-corrected chi connectivity index (χ3v) is 9.35. The fourth-order valence-corrected chi connectivity index (χ4v) is 7.06. The maximum absolute atomic E-state index is 6.47. The molecule has 0 aliphatic rings. The van der Waals surface area contributed by atoms with Crippen LogP contribution in [0.2, 0.25) is 0 Å². The molecule has 0 saturated heterocycles. The topological polar surface area (TPSA) is 64.7 Å². The smallest absolute Gasteiger partial charge is 0.164 e. The summed E-state index contributed by atoms with van der Waals surface area (Å²) >= 11 is 0. The van der Waals surface area contributed by atoms with Crippen molar-refractivity contribution in [3.8, 4) is 45.3 Å². The van der Waals surface area contributed by atoms with Crippen LogP contribution < -0.4 is 0 Å². The summed E-state index contributed by atoms with van der Waals surface area (Å²) in [5, 5.41) is 7.57. The summed E-state index contributed by atoms with van der Waals surface area (Å²) in [4.78, 5) is 20.4. The van der Waals surface area contributed by atoms with E-state index in [9.17, 15) is 0 Å². The highest BCUT2D eigenvalue weighted by molar-refractivity contribution is 6.22. The van der Waals surface area contributed by atoms with Crippen molar-refractivity contribution >= 4 is 54.4 Å². The van der Waals surface area contributed by atoms with Crippen molar-refractivity contribution in [1.82, 2.24) is 19.9 Å². The van der Waals surface area contributed by atoms with E-state index in [1.165, 1.54) is 5.39 Å². The molecule has 0 N–H and O–H groups in total. The van der Waals surface area contributed by atoms with Crippen molar-refractivity contribution in [3.63, 3.8) is 0 Å². The molecule has 10 rings (SSSR count). The van der Waals surface area contributed by atoms with Gasteiger partial charge in [0.25, 0.3) is 0 Å². The van der Waals surface area contributed by atoms with E-state index in [4.69, 9.17) is 24.4 Å². The van der Waals surface area contributed by atoms with Crippen LogP contribution in [0.1, 0.15) is 0 Å². The lowest BCUT2D eigenvalue weighted by Gasteiger charge is -2.13. The van der Waals surface area contributed by atoms with E-state index < -0.39 is 0 Å². The van der Waals surface area contributed by atoms with Crippen LogP contribution in [0, 0.1) is 0 Å². The number of pyridine rings is 1. The van der Waals surface area contributed by atoms with Gasteiger partial charge in [0.1, 0.15) is 11.2 Å². The zero-order valence-electron chi connectivity index (χ0n) is 26.2. The molecule has 5 heteroatoms. The summed E-state index contributed by atoms with van der Waals surface area (Å²) in [6.45, 7) is 0. The summed E-state index contributed by atoms with van der Waals surface area (Å²) in [7, 11) is 0. The molecule has 0 fully saturated rings. The molecule has 49 heavy (non-hydrogen) atoms. The van der Waals surface area contributed by atoms with Crippen LogP contribution in [0.25, 0.3) is 99.7 Å². The third kappa shape index (κ3) is 4.48. The molecule has 10 aromatic rings. The first-order valence-corrected chi connectivity index (χ1v) is 16.3. The first-order valence-electron chi connectivity index (χ1n) is 16.3. The largest absolute Gasteiger partial charge is 0.456 e. The second-order valence-corrected chi connectivity index (χ2v) is 12.2. The highest BCUT2D eigenvalue weighted by Gasteiger charge is 2.20. The fourth-order valence-electron chi connectivity index (χ4n) is 7.06. The normalized spacial score (nSPS) is 11.7. The second-order valence-electron chi connectivity index (χ2n) is 12.2. The van der Waals surface area contributed by atoms with Crippen molar-refractivity contribution in [3.05, 3.63) is 158 Å². The van der Waals surface area contributed by atoms with E-state index in [0.29, 0.717) is 17.5 Å². The molecule has 0 aliphatic heterocycles. The Labute approximate surface area is 281 Å². The predicted molar refractivity (Wildman–Crippen MR) is 199 cm³/mol. The Hall–Kier alpha value is -6.72. The van der Waals surface area contributed by atoms with Crippen LogP contribution in [0.15, 0.2) is 162 Å². The third-order valence-electron chi connectivity index (χ3n) is 9.35. The molecular weight excluding hydrogens is 601 g/mol. The molecule has 5 nitrogen and oxygen atoms in total. The average molecular weight is 627 g/mol. The molecule has 0 aliphatic carbocycles. The van der Waals surface area contributed by atoms with Crippen LogP contribution in [-0.2, 0) is 0 Å². The van der Waals surface area contributed by atoms with Gasteiger partial charge in [0.15, 0.2) is 17.5 Å². The van der Waals surface area contributed by atoms with Gasteiger partial charge in [-0.15, -0.1) is 0 Å². The quantitative estimate of drug-likeness (QED) is 0.182. The van der Waals surface area contributed by atoms with Crippen LogP contribution in [0.3, 0.4) is 0 Å². The van der Waals surface area contributed by atoms with Crippen molar-refractivity contribution in [2.75, 3.05) is 0 Å². The standard InChI is InChI=1S/C44H26N4O/c1-3-12-27(13-4-1)29-22-23-34-39(24-29)49-38-21-11-20-35(41(34)38)43-46-42(28-14-5-2-6-15-28)47-44(48-43)36-25-37-40(33-19-10-9-18-32(33)36)31-17-8-7-16-30(31)26-45-37/h1-26H. The summed E-state index contributed by atoms with van der Waals surface area (Å²) in [6.07, 6.45) is 1.94. The number of nitrogens with zero attached hydrogens (tertiary/aromatic N) is 4. The summed E-state index contributed by atoms with van der Waals surface area (Å²) in [5.74, 6) is 1.78. The van der Waals surface area contributed by atoms with E-state index in [1.807, 2.05) is 54.7 Å². The van der Waals surface area contributed by atoms with Gasteiger partial charge in [0.05, 0.1) is 5.52 Å². The average Bonchev–Trinajstić information content (AvgIpc) is 3.56. The van der Waals surface area contributed by atoms with E-state index >= 15 is 0 Å². The predicted octanol–water partition coefficient (Wildman–Crippen LogP) is 11.3. The number of rotatable bonds is 4. The maximum atomic E-state index is 6.47. The lowest BCUT2D eigenvalue weighted by Crippen LogP contribution is -2.01. The molecule has 0 radical (unpaired) electrons. The number of aromatic nitrogens is 4. The van der Waals surface area contributed by atoms with Gasteiger partial charge in [-0.2, -0.15) is 0 Å². The van der Waals surface area contributed by atoms with E-state index in [0.717, 1.165) is 76.8 Å². The molecule has 3 heterocycles. The van der Waals surface area contributed by atoms with Gasteiger partial charge in [0, 0.05) is 44.4 Å². The van der Waals surface area contributed by atoms with Gasteiger partial charge in [-0.1, -0.05) is 127 Å². The number of hydrogen-bond donors (Lipinski definition) is 0. The molecule has 228 valence electrons. The van der Waals surface area contributed by atoms with Gasteiger partial charge in [-0.25, -0.2) is 15.0 Å². The van der Waals surface area contributed by atoms with Crippen molar-refractivity contribution < 1.29 is 4.42 Å². The van der Waals surface area contributed by atoms with Crippen LogP contribution in [0.4, 0.5) is 0 Å². The summed E-state index contributed by atoms with van der Waals surface area (Å²) < 4.78 is 6.47. The zero-order valence-corrected chi connectivity index (χ0v) is 26.2. The van der Waals surface area contributed by atoms with Crippen molar-refractivity contribution in [1.29, 1.82) is 0 Å².